The van der Waals surface area contributed by atoms with Crippen LogP contribution in [0.25, 0.3) is 0 Å². The minimum Gasteiger partial charge on any atom is -0.461 e. The van der Waals surface area contributed by atoms with Gasteiger partial charge in [0.25, 0.3) is 10.1 Å². The Balaban J connectivity index is 0. The normalized spacial score (nSPS) is 9.71. The molecule has 0 saturated carbocycles. The molecule has 3 N–H and O–H groups in total. The standard InChI is InChI=1S/C6H11NO2.CH4O3S/c1-5(2)6(8)9-4-3-7;1-5(2,3)4/h1,3-4,7H2,2H3;1H3,(H,2,3,4). The number of carbonyl (C=O) groups is 1. The fourth-order valence-electron chi connectivity index (χ4n) is 0.275. The molecule has 0 saturated heterocycles. The van der Waals surface area contributed by atoms with Crippen molar-refractivity contribution in [2.24, 2.45) is 5.73 Å². The molecule has 14 heavy (non-hydrogen) atoms. The topological polar surface area (TPSA) is 107 Å². The summed E-state index contributed by atoms with van der Waals surface area (Å²) in [6.45, 7) is 5.62. The van der Waals surface area contributed by atoms with Gasteiger partial charge in [0.2, 0.25) is 0 Å². The van der Waals surface area contributed by atoms with Crippen LogP contribution < -0.4 is 5.73 Å². The van der Waals surface area contributed by atoms with Gasteiger partial charge in [0, 0.05) is 12.1 Å². The van der Waals surface area contributed by atoms with E-state index in [0.717, 1.165) is 0 Å². The molecule has 0 aliphatic rings. The van der Waals surface area contributed by atoms with Crippen molar-refractivity contribution >= 4 is 16.1 Å². The molecule has 0 spiro atoms. The highest BCUT2D eigenvalue weighted by Gasteiger charge is 1.99. The van der Waals surface area contributed by atoms with Crippen molar-refractivity contribution < 1.29 is 22.5 Å². The van der Waals surface area contributed by atoms with Crippen molar-refractivity contribution in [1.29, 1.82) is 0 Å². The molecule has 0 rings (SSSR count). The van der Waals surface area contributed by atoms with Crippen LogP contribution in [0.4, 0.5) is 0 Å². The number of hydrogen-bond acceptors (Lipinski definition) is 5. The van der Waals surface area contributed by atoms with E-state index in [1.165, 1.54) is 0 Å². The first-order valence-electron chi connectivity index (χ1n) is 3.63. The van der Waals surface area contributed by atoms with Crippen LogP contribution >= 0.6 is 0 Å². The van der Waals surface area contributed by atoms with Crippen molar-refractivity contribution in [3.8, 4) is 0 Å². The smallest absolute Gasteiger partial charge is 0.333 e. The van der Waals surface area contributed by atoms with E-state index in [2.05, 4.69) is 11.3 Å². The number of rotatable bonds is 3. The van der Waals surface area contributed by atoms with Crippen LogP contribution in [-0.2, 0) is 19.6 Å². The third-order valence-electron chi connectivity index (χ3n) is 0.699. The predicted octanol–water partition coefficient (Wildman–Crippen LogP) is -0.432. The summed E-state index contributed by atoms with van der Waals surface area (Å²) < 4.78 is 30.5. The highest BCUT2D eigenvalue weighted by atomic mass is 32.2. The van der Waals surface area contributed by atoms with E-state index < -0.39 is 10.1 Å². The van der Waals surface area contributed by atoms with Crippen LogP contribution in [-0.4, -0.2) is 38.3 Å². The Morgan fingerprint density at radius 2 is 1.93 bits per heavy atom. The zero-order chi connectivity index (χ0) is 11.8. The molecule has 0 aliphatic carbocycles. The van der Waals surface area contributed by atoms with Gasteiger partial charge < -0.3 is 10.5 Å². The molecule has 0 heterocycles. The molecule has 0 bridgehead atoms. The highest BCUT2D eigenvalue weighted by Crippen LogP contribution is 1.89. The summed E-state index contributed by atoms with van der Waals surface area (Å²) in [5.41, 5.74) is 5.48. The first-order valence-corrected chi connectivity index (χ1v) is 5.48. The quantitative estimate of drug-likeness (QED) is 0.383. The van der Waals surface area contributed by atoms with Gasteiger partial charge in [0.15, 0.2) is 0 Å². The van der Waals surface area contributed by atoms with Gasteiger partial charge in [-0.3, -0.25) is 4.55 Å². The minimum atomic E-state index is -3.67. The molecule has 0 aliphatic heterocycles. The maximum absolute atomic E-state index is 10.5. The molecular formula is C7H15NO5S. The molecule has 0 aromatic carbocycles. The second kappa shape index (κ2) is 7.48. The number of ether oxygens (including phenoxy) is 1. The van der Waals surface area contributed by atoms with Gasteiger partial charge >= 0.3 is 5.97 Å². The Morgan fingerprint density at radius 3 is 2.14 bits per heavy atom. The lowest BCUT2D eigenvalue weighted by molar-refractivity contribution is -0.138. The molecule has 0 radical (unpaired) electrons. The summed E-state index contributed by atoms with van der Waals surface area (Å²) in [7, 11) is -3.67. The minimum absolute atomic E-state index is 0.270. The third kappa shape index (κ3) is 22.5. The molecule has 7 heteroatoms. The molecular weight excluding hydrogens is 210 g/mol. The Bertz CT molecular complexity index is 274. The lowest BCUT2D eigenvalue weighted by Gasteiger charge is -1.99. The summed E-state index contributed by atoms with van der Waals surface area (Å²) in [5, 5.41) is 0. The maximum Gasteiger partial charge on any atom is 0.333 e. The molecule has 6 nitrogen and oxygen atoms in total. The first-order chi connectivity index (χ1) is 6.18. The molecule has 0 amide bonds. The molecule has 0 unspecified atom stereocenters. The summed E-state index contributed by atoms with van der Waals surface area (Å²) in [6, 6.07) is 0. The zero-order valence-electron chi connectivity index (χ0n) is 8.19. The second-order valence-electron chi connectivity index (χ2n) is 2.44. The first kappa shape index (κ1) is 15.5. The lowest BCUT2D eigenvalue weighted by atomic mass is 10.4. The number of esters is 1. The van der Waals surface area contributed by atoms with E-state index in [1.54, 1.807) is 6.92 Å². The second-order valence-corrected chi connectivity index (χ2v) is 3.90. The number of nitrogens with two attached hydrogens (primary N) is 1. The van der Waals surface area contributed by atoms with E-state index in [9.17, 15) is 13.2 Å². The Labute approximate surface area is 83.5 Å². The summed E-state index contributed by atoms with van der Waals surface area (Å²) in [6.07, 6.45) is 0.715. The number of carbonyl (C=O) groups excluding carboxylic acids is 1. The molecule has 0 fully saturated rings. The van der Waals surface area contributed by atoms with Gasteiger partial charge in [-0.15, -0.1) is 0 Å². The fraction of sp³-hybridized carbons (Fsp3) is 0.571. The van der Waals surface area contributed by atoms with Crippen LogP contribution in [0.3, 0.4) is 0 Å². The maximum atomic E-state index is 10.5. The van der Waals surface area contributed by atoms with E-state index in [-0.39, 0.29) is 12.6 Å². The average Bonchev–Trinajstić information content (AvgIpc) is 1.96. The Morgan fingerprint density at radius 1 is 1.57 bits per heavy atom. The van der Waals surface area contributed by atoms with Gasteiger partial charge in [-0.25, -0.2) is 4.79 Å². The SMILES string of the molecule is C=C(C)C(=O)OCCN.CS(=O)(=O)O. The highest BCUT2D eigenvalue weighted by molar-refractivity contribution is 7.85. The summed E-state index contributed by atoms with van der Waals surface area (Å²) >= 11 is 0. The molecule has 0 aromatic heterocycles. The fourth-order valence-corrected chi connectivity index (χ4v) is 0.275. The third-order valence-corrected chi connectivity index (χ3v) is 0.699. The molecule has 84 valence electrons. The monoisotopic (exact) mass is 225 g/mol. The Kier molecular flexibility index (Phi) is 8.31. The van der Waals surface area contributed by atoms with Crippen LogP contribution in [0.5, 0.6) is 0 Å². The summed E-state index contributed by atoms with van der Waals surface area (Å²) in [5.74, 6) is -0.375. The number of hydrogen-bond donors (Lipinski definition) is 2. The van der Waals surface area contributed by atoms with Gasteiger partial charge in [0.1, 0.15) is 6.61 Å². The molecule has 0 atom stereocenters. The van der Waals surface area contributed by atoms with Gasteiger partial charge in [-0.2, -0.15) is 8.42 Å². The Hall–Kier alpha value is -0.920. The lowest BCUT2D eigenvalue weighted by Crippen LogP contribution is -2.13. The summed E-state index contributed by atoms with van der Waals surface area (Å²) in [4.78, 5) is 10.5. The van der Waals surface area contributed by atoms with Gasteiger partial charge in [0.05, 0.1) is 6.26 Å². The van der Waals surface area contributed by atoms with Crippen LogP contribution in [0.1, 0.15) is 6.92 Å². The van der Waals surface area contributed by atoms with Gasteiger partial charge in [-0.05, 0) is 6.92 Å². The van der Waals surface area contributed by atoms with Crippen molar-refractivity contribution in [2.45, 2.75) is 6.92 Å². The van der Waals surface area contributed by atoms with E-state index in [0.29, 0.717) is 18.4 Å². The van der Waals surface area contributed by atoms with Crippen molar-refractivity contribution in [3.63, 3.8) is 0 Å². The van der Waals surface area contributed by atoms with Crippen LogP contribution in [0.2, 0.25) is 0 Å². The van der Waals surface area contributed by atoms with Crippen molar-refractivity contribution in [3.05, 3.63) is 12.2 Å². The van der Waals surface area contributed by atoms with Crippen LogP contribution in [0, 0.1) is 0 Å². The van der Waals surface area contributed by atoms with E-state index in [4.69, 9.17) is 10.3 Å². The van der Waals surface area contributed by atoms with Crippen molar-refractivity contribution in [1.82, 2.24) is 0 Å². The van der Waals surface area contributed by atoms with E-state index >= 15 is 0 Å². The zero-order valence-corrected chi connectivity index (χ0v) is 9.00. The van der Waals surface area contributed by atoms with Crippen molar-refractivity contribution in [2.75, 3.05) is 19.4 Å². The van der Waals surface area contributed by atoms with Crippen LogP contribution in [0.15, 0.2) is 12.2 Å². The van der Waals surface area contributed by atoms with Gasteiger partial charge in [-0.1, -0.05) is 6.58 Å². The largest absolute Gasteiger partial charge is 0.461 e. The molecule has 0 aromatic rings. The average molecular weight is 225 g/mol. The predicted molar refractivity (Wildman–Crippen MR) is 52.3 cm³/mol. The van der Waals surface area contributed by atoms with E-state index in [1.807, 2.05) is 0 Å².